The molecule has 112 valence electrons. The van der Waals surface area contributed by atoms with Gasteiger partial charge in [0.25, 0.3) is 0 Å². The van der Waals surface area contributed by atoms with Crippen molar-refractivity contribution in [3.05, 3.63) is 35.4 Å². The van der Waals surface area contributed by atoms with Crippen molar-refractivity contribution in [2.75, 3.05) is 0 Å². The number of aliphatic hydroxyl groups is 1. The van der Waals surface area contributed by atoms with Gasteiger partial charge < -0.3 is 15.5 Å². The zero-order valence-electron chi connectivity index (χ0n) is 10.4. The fraction of sp³-hybridized carbons (Fsp3) is 0.417. The number of nitrogens with one attached hydrogen (secondary N) is 1. The minimum Gasteiger partial charge on any atom is -0.465 e. The molecule has 0 saturated heterocycles. The van der Waals surface area contributed by atoms with E-state index in [4.69, 9.17) is 5.11 Å². The summed E-state index contributed by atoms with van der Waals surface area (Å²) >= 11 is 1.88. The van der Waals surface area contributed by atoms with Crippen molar-refractivity contribution >= 4 is 28.7 Å². The van der Waals surface area contributed by atoms with Crippen molar-refractivity contribution in [3.8, 4) is 0 Å². The summed E-state index contributed by atoms with van der Waals surface area (Å²) in [4.78, 5) is 10.7. The van der Waals surface area contributed by atoms with E-state index in [0.29, 0.717) is 5.56 Å². The van der Waals surface area contributed by atoms with Gasteiger partial charge in [0.15, 0.2) is 0 Å². The maximum atomic E-state index is 12.4. The Hall–Kier alpha value is -1.03. The minimum absolute atomic E-state index is 0.494. The lowest BCUT2D eigenvalue weighted by atomic mass is 10.0. The van der Waals surface area contributed by atoms with Crippen LogP contribution in [0.5, 0.6) is 0 Å². The topological polar surface area (TPSA) is 69.6 Å². The summed E-state index contributed by atoms with van der Waals surface area (Å²) in [5, 5.41) is 20.4. The van der Waals surface area contributed by atoms with Crippen LogP contribution in [-0.2, 0) is 6.18 Å². The van der Waals surface area contributed by atoms with E-state index < -0.39 is 33.9 Å². The van der Waals surface area contributed by atoms with Gasteiger partial charge in [-0.15, -0.1) is 0 Å². The molecule has 0 aliphatic heterocycles. The molecule has 2 unspecified atom stereocenters. The first-order valence-electron chi connectivity index (χ1n) is 5.61. The van der Waals surface area contributed by atoms with Crippen LogP contribution in [0.15, 0.2) is 24.3 Å². The largest absolute Gasteiger partial charge is 0.465 e. The van der Waals surface area contributed by atoms with Gasteiger partial charge in [-0.2, -0.15) is 13.2 Å². The molecule has 0 fully saturated rings. The Bertz CT molecular complexity index is 462. The average Bonchev–Trinajstić information content (AvgIpc) is 2.33. The van der Waals surface area contributed by atoms with Gasteiger partial charge in [0.2, 0.25) is 0 Å². The Morgan fingerprint density at radius 3 is 2.15 bits per heavy atom. The first-order chi connectivity index (χ1) is 9.12. The first kappa shape index (κ1) is 17.0. The number of benzene rings is 1. The van der Waals surface area contributed by atoms with Crippen molar-refractivity contribution in [3.63, 3.8) is 0 Å². The summed E-state index contributed by atoms with van der Waals surface area (Å²) in [6, 6.07) is 3.60. The summed E-state index contributed by atoms with van der Waals surface area (Å²) in [5.74, 6) is 0. The minimum atomic E-state index is -4.41. The number of carbonyl (C=O) groups is 1. The van der Waals surface area contributed by atoms with Crippen LogP contribution in [0.4, 0.5) is 18.0 Å². The number of hydrogen-bond acceptors (Lipinski definition) is 2. The monoisotopic (exact) mass is 403 g/mol. The highest BCUT2D eigenvalue weighted by atomic mass is 127. The van der Waals surface area contributed by atoms with Crippen LogP contribution in [0.2, 0.25) is 0 Å². The molecule has 0 heterocycles. The summed E-state index contributed by atoms with van der Waals surface area (Å²) in [5.41, 5.74) is -0.275. The smallest absolute Gasteiger partial charge is 0.416 e. The lowest BCUT2D eigenvalue weighted by Crippen LogP contribution is -2.44. The Balaban J connectivity index is 2.95. The van der Waals surface area contributed by atoms with Crippen LogP contribution in [0.3, 0.4) is 0 Å². The summed E-state index contributed by atoms with van der Waals surface area (Å²) in [6.45, 7) is 1.41. The molecule has 0 spiro atoms. The fourth-order valence-electron chi connectivity index (χ4n) is 1.64. The average molecular weight is 403 g/mol. The Labute approximate surface area is 127 Å². The molecule has 8 heteroatoms. The second-order valence-electron chi connectivity index (χ2n) is 4.24. The number of rotatable bonds is 4. The van der Waals surface area contributed by atoms with E-state index in [-0.39, 0.29) is 0 Å². The quantitative estimate of drug-likeness (QED) is 0.535. The molecule has 0 bridgehead atoms. The molecule has 0 aliphatic rings. The number of amides is 1. The Morgan fingerprint density at radius 1 is 1.30 bits per heavy atom. The third-order valence-electron chi connectivity index (χ3n) is 2.68. The predicted molar refractivity (Wildman–Crippen MR) is 74.8 cm³/mol. The molecule has 0 aromatic heterocycles. The number of alkyl halides is 4. The van der Waals surface area contributed by atoms with Crippen molar-refractivity contribution in [1.82, 2.24) is 5.32 Å². The van der Waals surface area contributed by atoms with Crippen LogP contribution < -0.4 is 5.32 Å². The van der Waals surface area contributed by atoms with E-state index in [2.05, 4.69) is 5.32 Å². The van der Waals surface area contributed by atoms with E-state index in [1.54, 1.807) is 0 Å². The number of hydrogen-bond donors (Lipinski definition) is 3. The number of carboxylic acid groups (broad SMARTS) is 1. The number of aliphatic hydroxyl groups excluding tert-OH is 1. The molecular weight excluding hydrogens is 390 g/mol. The molecule has 1 rings (SSSR count). The summed E-state index contributed by atoms with van der Waals surface area (Å²) in [7, 11) is 0. The molecule has 1 aromatic carbocycles. The maximum absolute atomic E-state index is 12.4. The maximum Gasteiger partial charge on any atom is 0.416 e. The van der Waals surface area contributed by atoms with Gasteiger partial charge in [0.1, 0.15) is 0 Å². The van der Waals surface area contributed by atoms with Crippen LogP contribution in [0, 0.1) is 0 Å². The van der Waals surface area contributed by atoms with E-state index in [1.807, 2.05) is 22.6 Å². The molecule has 20 heavy (non-hydrogen) atoms. The van der Waals surface area contributed by atoms with Crippen LogP contribution >= 0.6 is 22.6 Å². The van der Waals surface area contributed by atoms with E-state index >= 15 is 0 Å². The molecular formula is C12H13F3INO3. The van der Waals surface area contributed by atoms with Gasteiger partial charge in [-0.25, -0.2) is 4.79 Å². The third kappa shape index (κ3) is 4.51. The highest BCUT2D eigenvalue weighted by Gasteiger charge is 2.31. The van der Waals surface area contributed by atoms with Gasteiger partial charge in [0.05, 0.1) is 21.6 Å². The van der Waals surface area contributed by atoms with Crippen LogP contribution in [0.25, 0.3) is 0 Å². The van der Waals surface area contributed by atoms with Gasteiger partial charge in [-0.3, -0.25) is 0 Å². The van der Waals surface area contributed by atoms with Gasteiger partial charge >= 0.3 is 12.3 Å². The predicted octanol–water partition coefficient (Wildman–Crippen LogP) is 3.20. The van der Waals surface area contributed by atoms with Gasteiger partial charge in [0, 0.05) is 0 Å². The lowest BCUT2D eigenvalue weighted by Gasteiger charge is -2.25. The van der Waals surface area contributed by atoms with Crippen LogP contribution in [0.1, 0.15) is 22.0 Å². The SMILES string of the molecule is C[C@H](O)C(NC(=O)O)C(I)c1ccc(C(F)(F)F)cc1. The summed E-state index contributed by atoms with van der Waals surface area (Å²) in [6.07, 6.45) is -6.69. The van der Waals surface area contributed by atoms with Gasteiger partial charge in [-0.05, 0) is 24.6 Å². The normalized spacial score (nSPS) is 16.3. The molecule has 4 nitrogen and oxygen atoms in total. The molecule has 1 amide bonds. The van der Waals surface area contributed by atoms with Crippen molar-refractivity contribution in [2.24, 2.45) is 0 Å². The van der Waals surface area contributed by atoms with Gasteiger partial charge in [-0.1, -0.05) is 34.7 Å². The molecule has 0 saturated carbocycles. The fourth-order valence-corrected chi connectivity index (χ4v) is 2.84. The van der Waals surface area contributed by atoms with Crippen molar-refractivity contribution in [1.29, 1.82) is 0 Å². The second kappa shape index (κ2) is 6.61. The first-order valence-corrected chi connectivity index (χ1v) is 6.86. The van der Waals surface area contributed by atoms with E-state index in [0.717, 1.165) is 12.1 Å². The Kier molecular flexibility index (Phi) is 5.63. The zero-order valence-corrected chi connectivity index (χ0v) is 12.5. The number of halogens is 4. The molecule has 1 aromatic rings. The third-order valence-corrected chi connectivity index (χ3v) is 4.18. The highest BCUT2D eigenvalue weighted by Crippen LogP contribution is 2.33. The molecule has 3 N–H and O–H groups in total. The Morgan fingerprint density at radius 2 is 1.80 bits per heavy atom. The van der Waals surface area contributed by atoms with Crippen molar-refractivity contribution in [2.45, 2.75) is 29.2 Å². The molecule has 0 aliphatic carbocycles. The van der Waals surface area contributed by atoms with E-state index in [1.165, 1.54) is 19.1 Å². The lowest BCUT2D eigenvalue weighted by molar-refractivity contribution is -0.137. The zero-order chi connectivity index (χ0) is 15.5. The van der Waals surface area contributed by atoms with E-state index in [9.17, 15) is 23.1 Å². The highest BCUT2D eigenvalue weighted by molar-refractivity contribution is 14.1. The molecule has 0 radical (unpaired) electrons. The second-order valence-corrected chi connectivity index (χ2v) is 5.58. The summed E-state index contributed by atoms with van der Waals surface area (Å²) < 4.78 is 36.8. The van der Waals surface area contributed by atoms with Crippen LogP contribution in [-0.4, -0.2) is 28.5 Å². The molecule has 3 atom stereocenters. The van der Waals surface area contributed by atoms with Crippen molar-refractivity contribution < 1.29 is 28.2 Å². The standard InChI is InChI=1S/C12H13F3INO3/c1-6(18)10(17-11(19)20)9(16)7-2-4-8(5-3-7)12(13,14)15/h2-6,9-10,17-18H,1H3,(H,19,20)/t6-,9?,10?/m0/s1.